The van der Waals surface area contributed by atoms with E-state index in [0.717, 1.165) is 25.1 Å². The van der Waals surface area contributed by atoms with Gasteiger partial charge in [0.15, 0.2) is 0 Å². The van der Waals surface area contributed by atoms with E-state index in [-0.39, 0.29) is 11.9 Å². The third-order valence-electron chi connectivity index (χ3n) is 3.30. The summed E-state index contributed by atoms with van der Waals surface area (Å²) < 4.78 is 0. The quantitative estimate of drug-likeness (QED) is 0.821. The number of rotatable bonds is 2. The number of carbonyl (C=O) groups excluding carboxylic acids is 1. The van der Waals surface area contributed by atoms with E-state index < -0.39 is 0 Å². The molecule has 1 aliphatic heterocycles. The predicted octanol–water partition coefficient (Wildman–Crippen LogP) is 2.32. The number of piperidine rings is 1. The molecule has 1 aromatic rings. The van der Waals surface area contributed by atoms with Crippen molar-refractivity contribution in [2.45, 2.75) is 32.7 Å². The highest BCUT2D eigenvalue weighted by molar-refractivity contribution is 5.94. The summed E-state index contributed by atoms with van der Waals surface area (Å²) in [6.07, 6.45) is 2.09. The highest BCUT2D eigenvalue weighted by Gasteiger charge is 2.24. The summed E-state index contributed by atoms with van der Waals surface area (Å²) in [6.45, 7) is 5.18. The van der Waals surface area contributed by atoms with Gasteiger partial charge in [-0.1, -0.05) is 24.6 Å². The molecule has 0 radical (unpaired) electrons. The van der Waals surface area contributed by atoms with Crippen LogP contribution in [0.4, 0.5) is 5.69 Å². The van der Waals surface area contributed by atoms with Crippen LogP contribution in [0.25, 0.3) is 0 Å². The SMILES string of the molecule is Cc1ccc(NC(=O)C2CC(C)CCN2)cc1. The van der Waals surface area contributed by atoms with Crippen molar-refractivity contribution in [3.05, 3.63) is 29.8 Å². The van der Waals surface area contributed by atoms with Gasteiger partial charge in [-0.2, -0.15) is 0 Å². The van der Waals surface area contributed by atoms with E-state index in [1.807, 2.05) is 31.2 Å². The molecule has 2 N–H and O–H groups in total. The number of hydrogen-bond donors (Lipinski definition) is 2. The number of amides is 1. The van der Waals surface area contributed by atoms with Crippen LogP contribution in [0, 0.1) is 12.8 Å². The molecule has 2 rings (SSSR count). The first-order valence-corrected chi connectivity index (χ1v) is 6.26. The highest BCUT2D eigenvalue weighted by atomic mass is 16.2. The molecule has 17 heavy (non-hydrogen) atoms. The number of anilines is 1. The first-order valence-electron chi connectivity index (χ1n) is 6.26. The molecule has 1 aromatic carbocycles. The maximum atomic E-state index is 12.0. The average Bonchev–Trinajstić information content (AvgIpc) is 2.32. The minimum absolute atomic E-state index is 0.0416. The summed E-state index contributed by atoms with van der Waals surface area (Å²) in [5.41, 5.74) is 2.08. The van der Waals surface area contributed by atoms with E-state index >= 15 is 0 Å². The second-order valence-corrected chi connectivity index (χ2v) is 4.99. The normalized spacial score (nSPS) is 24.4. The lowest BCUT2D eigenvalue weighted by atomic mass is 9.94. The molecule has 3 heteroatoms. The van der Waals surface area contributed by atoms with Crippen LogP contribution in [-0.4, -0.2) is 18.5 Å². The Kier molecular flexibility index (Phi) is 3.79. The van der Waals surface area contributed by atoms with Gasteiger partial charge in [0.05, 0.1) is 6.04 Å². The maximum absolute atomic E-state index is 12.0. The Labute approximate surface area is 103 Å². The fourth-order valence-electron chi connectivity index (χ4n) is 2.17. The Morgan fingerprint density at radius 3 is 2.71 bits per heavy atom. The molecule has 1 heterocycles. The minimum Gasteiger partial charge on any atom is -0.325 e. The first-order chi connectivity index (χ1) is 8.15. The molecule has 2 unspecified atom stereocenters. The molecule has 2 atom stereocenters. The van der Waals surface area contributed by atoms with Gasteiger partial charge in [-0.15, -0.1) is 0 Å². The van der Waals surface area contributed by atoms with E-state index in [2.05, 4.69) is 17.6 Å². The van der Waals surface area contributed by atoms with E-state index in [1.165, 1.54) is 5.56 Å². The number of benzene rings is 1. The second kappa shape index (κ2) is 5.32. The van der Waals surface area contributed by atoms with Gasteiger partial charge in [0.25, 0.3) is 0 Å². The Morgan fingerprint density at radius 1 is 1.35 bits per heavy atom. The largest absolute Gasteiger partial charge is 0.325 e. The molecule has 0 aliphatic carbocycles. The van der Waals surface area contributed by atoms with Gasteiger partial charge in [-0.3, -0.25) is 4.79 Å². The zero-order valence-corrected chi connectivity index (χ0v) is 10.5. The smallest absolute Gasteiger partial charge is 0.241 e. The molecule has 0 aromatic heterocycles. The fraction of sp³-hybridized carbons (Fsp3) is 0.500. The van der Waals surface area contributed by atoms with Crippen molar-refractivity contribution >= 4 is 11.6 Å². The molecule has 0 bridgehead atoms. The number of aryl methyl sites for hydroxylation is 1. The third-order valence-corrected chi connectivity index (χ3v) is 3.30. The van der Waals surface area contributed by atoms with Crippen LogP contribution in [0.5, 0.6) is 0 Å². The van der Waals surface area contributed by atoms with E-state index in [0.29, 0.717) is 5.92 Å². The zero-order chi connectivity index (χ0) is 12.3. The number of hydrogen-bond acceptors (Lipinski definition) is 2. The summed E-state index contributed by atoms with van der Waals surface area (Å²) in [4.78, 5) is 12.0. The van der Waals surface area contributed by atoms with Crippen LogP contribution < -0.4 is 10.6 Å². The lowest BCUT2D eigenvalue weighted by Gasteiger charge is -2.27. The monoisotopic (exact) mass is 232 g/mol. The van der Waals surface area contributed by atoms with Gasteiger partial charge in [0.2, 0.25) is 5.91 Å². The zero-order valence-electron chi connectivity index (χ0n) is 10.5. The third kappa shape index (κ3) is 3.30. The standard InChI is InChI=1S/C14H20N2O/c1-10-3-5-12(6-4-10)16-14(17)13-9-11(2)7-8-15-13/h3-6,11,13,15H,7-9H2,1-2H3,(H,16,17). The van der Waals surface area contributed by atoms with Gasteiger partial charge >= 0.3 is 0 Å². The molecular formula is C14H20N2O. The lowest BCUT2D eigenvalue weighted by molar-refractivity contribution is -0.119. The van der Waals surface area contributed by atoms with Crippen molar-refractivity contribution in [3.63, 3.8) is 0 Å². The Bertz CT molecular complexity index is 386. The van der Waals surface area contributed by atoms with Crippen LogP contribution >= 0.6 is 0 Å². The van der Waals surface area contributed by atoms with Gasteiger partial charge < -0.3 is 10.6 Å². The Morgan fingerprint density at radius 2 is 2.06 bits per heavy atom. The maximum Gasteiger partial charge on any atom is 0.241 e. The molecule has 1 fully saturated rings. The summed E-state index contributed by atoms with van der Waals surface area (Å²) >= 11 is 0. The summed E-state index contributed by atoms with van der Waals surface area (Å²) in [6, 6.07) is 7.86. The minimum atomic E-state index is -0.0416. The van der Waals surface area contributed by atoms with Gasteiger partial charge in [-0.25, -0.2) is 0 Å². The van der Waals surface area contributed by atoms with Crippen LogP contribution in [0.15, 0.2) is 24.3 Å². The van der Waals surface area contributed by atoms with Crippen molar-refractivity contribution in [1.29, 1.82) is 0 Å². The van der Waals surface area contributed by atoms with Crippen LogP contribution in [0.3, 0.4) is 0 Å². The first kappa shape index (κ1) is 12.1. The van der Waals surface area contributed by atoms with Crippen molar-refractivity contribution in [2.75, 3.05) is 11.9 Å². The van der Waals surface area contributed by atoms with Crippen LogP contribution in [0.2, 0.25) is 0 Å². The number of carbonyl (C=O) groups is 1. The summed E-state index contributed by atoms with van der Waals surface area (Å²) in [7, 11) is 0. The van der Waals surface area contributed by atoms with Crippen LogP contribution in [0.1, 0.15) is 25.3 Å². The van der Waals surface area contributed by atoms with Crippen molar-refractivity contribution in [3.8, 4) is 0 Å². The topological polar surface area (TPSA) is 41.1 Å². The predicted molar refractivity (Wildman–Crippen MR) is 70.0 cm³/mol. The molecule has 0 spiro atoms. The van der Waals surface area contributed by atoms with Crippen molar-refractivity contribution < 1.29 is 4.79 Å². The Hall–Kier alpha value is -1.35. The van der Waals surface area contributed by atoms with Gasteiger partial charge in [0, 0.05) is 5.69 Å². The van der Waals surface area contributed by atoms with Crippen molar-refractivity contribution in [2.24, 2.45) is 5.92 Å². The lowest BCUT2D eigenvalue weighted by Crippen LogP contribution is -2.45. The second-order valence-electron chi connectivity index (χ2n) is 4.99. The summed E-state index contributed by atoms with van der Waals surface area (Å²) in [5.74, 6) is 0.713. The molecule has 3 nitrogen and oxygen atoms in total. The highest BCUT2D eigenvalue weighted by Crippen LogP contribution is 2.17. The van der Waals surface area contributed by atoms with Crippen molar-refractivity contribution in [1.82, 2.24) is 5.32 Å². The molecule has 0 saturated carbocycles. The molecule has 92 valence electrons. The number of nitrogens with one attached hydrogen (secondary N) is 2. The fourth-order valence-corrected chi connectivity index (χ4v) is 2.17. The van der Waals surface area contributed by atoms with E-state index in [1.54, 1.807) is 0 Å². The summed E-state index contributed by atoms with van der Waals surface area (Å²) in [5, 5.41) is 6.23. The molecular weight excluding hydrogens is 212 g/mol. The average molecular weight is 232 g/mol. The van der Waals surface area contributed by atoms with Gasteiger partial charge in [0.1, 0.15) is 0 Å². The molecule has 1 aliphatic rings. The molecule has 1 amide bonds. The Balaban J connectivity index is 1.94. The van der Waals surface area contributed by atoms with Gasteiger partial charge in [-0.05, 0) is 44.4 Å². The van der Waals surface area contributed by atoms with E-state index in [4.69, 9.17) is 0 Å². The van der Waals surface area contributed by atoms with Crippen LogP contribution in [-0.2, 0) is 4.79 Å². The molecule has 1 saturated heterocycles. The van der Waals surface area contributed by atoms with E-state index in [9.17, 15) is 4.79 Å².